The Morgan fingerprint density at radius 1 is 1.24 bits per heavy atom. The number of phosphoric ester groups is 1. The summed E-state index contributed by atoms with van der Waals surface area (Å²) in [5, 5.41) is 0. The van der Waals surface area contributed by atoms with Crippen LogP contribution in [0.4, 0.5) is 5.82 Å². The summed E-state index contributed by atoms with van der Waals surface area (Å²) < 4.78 is 58.4. The zero-order valence-electron chi connectivity index (χ0n) is 17.9. The molecule has 1 fully saturated rings. The Kier molecular flexibility index (Phi) is 8.68. The molecule has 2 heterocycles. The number of methoxy groups -OCH3 is 1. The van der Waals surface area contributed by atoms with Crippen molar-refractivity contribution in [3.05, 3.63) is 22.2 Å². The van der Waals surface area contributed by atoms with Gasteiger partial charge in [0.05, 0.1) is 6.61 Å². The first-order valence-corrected chi connectivity index (χ1v) is 13.5. The third-order valence-corrected chi connectivity index (χ3v) is 8.14. The van der Waals surface area contributed by atoms with E-state index in [1.165, 1.54) is 27.0 Å². The van der Waals surface area contributed by atoms with Crippen molar-refractivity contribution in [3.63, 3.8) is 0 Å². The Hall–Kier alpha value is -1.47. The predicted molar refractivity (Wildman–Crippen MR) is 113 cm³/mol. The van der Waals surface area contributed by atoms with Crippen LogP contribution in [-0.4, -0.2) is 60.6 Å². The quantitative estimate of drug-likeness (QED) is 0.161. The Morgan fingerprint density at radius 2 is 1.85 bits per heavy atom. The fraction of sp³-hybridized carbons (Fsp3) is 0.571. The lowest BCUT2D eigenvalue weighted by atomic mass is 9.91. The number of aromatic nitrogens is 2. The number of hydrogen-bond acceptors (Lipinski definition) is 12. The molecule has 0 amide bonds. The van der Waals surface area contributed by atoms with Gasteiger partial charge in [0.15, 0.2) is 11.8 Å². The fourth-order valence-electron chi connectivity index (χ4n) is 3.28. The van der Waals surface area contributed by atoms with Crippen LogP contribution >= 0.6 is 23.5 Å². The van der Waals surface area contributed by atoms with Gasteiger partial charge in [0.2, 0.25) is 0 Å². The second kappa shape index (κ2) is 10.3. The molecule has 1 aliphatic rings. The highest BCUT2D eigenvalue weighted by atomic mass is 31.3. The van der Waals surface area contributed by atoms with E-state index in [4.69, 9.17) is 30.7 Å². The maximum atomic E-state index is 12.5. The summed E-state index contributed by atoms with van der Waals surface area (Å²) in [5.74, 6) is 5.20. The molecule has 3 unspecified atom stereocenters. The van der Waals surface area contributed by atoms with Gasteiger partial charge in [0.1, 0.15) is 18.0 Å². The van der Waals surface area contributed by atoms with Crippen LogP contribution in [0.1, 0.15) is 18.8 Å². The second-order valence-corrected chi connectivity index (χ2v) is 11.3. The standard InChI is InChI=1S/C14H23N4O13P3/c1-4-5-14(16)11(27-3)9(29-12(14)18-8(2)6-10(15)17-13(18)19)7-28-33(23,24)31-34(25,26)30-32(20,21)22/h6,9,11-12H,7,16H2,1-3H3,(H,23,24)(H,25,26)(H2,15,17,19)(H2,20,21,22)/t9-,11+,12-,14?/m1/s1. The van der Waals surface area contributed by atoms with Gasteiger partial charge >= 0.3 is 29.2 Å². The molecule has 0 radical (unpaired) electrons. The number of nitrogens with two attached hydrogens (primary N) is 2. The lowest BCUT2D eigenvalue weighted by molar-refractivity contribution is -0.0535. The van der Waals surface area contributed by atoms with Gasteiger partial charge in [-0.3, -0.25) is 9.09 Å². The molecule has 0 aliphatic carbocycles. The first kappa shape index (κ1) is 28.8. The van der Waals surface area contributed by atoms with E-state index < -0.39 is 59.7 Å². The molecule has 1 aromatic rings. The van der Waals surface area contributed by atoms with Crippen molar-refractivity contribution in [2.24, 2.45) is 5.73 Å². The number of ether oxygens (including phenoxy) is 2. The molecular weight excluding hydrogens is 525 g/mol. The third-order valence-electron chi connectivity index (χ3n) is 4.34. The van der Waals surface area contributed by atoms with Crippen molar-refractivity contribution in [2.75, 3.05) is 19.5 Å². The van der Waals surface area contributed by atoms with E-state index in [-0.39, 0.29) is 5.82 Å². The van der Waals surface area contributed by atoms with Gasteiger partial charge < -0.3 is 40.5 Å². The van der Waals surface area contributed by atoms with E-state index in [1.807, 2.05) is 0 Å². The molecule has 17 nitrogen and oxygen atoms in total. The van der Waals surface area contributed by atoms with Crippen molar-refractivity contribution >= 4 is 29.3 Å². The van der Waals surface area contributed by atoms with Gasteiger partial charge in [0, 0.05) is 12.8 Å². The lowest BCUT2D eigenvalue weighted by Crippen LogP contribution is -2.56. The van der Waals surface area contributed by atoms with E-state index >= 15 is 0 Å². The van der Waals surface area contributed by atoms with Crippen molar-refractivity contribution in [2.45, 2.75) is 37.8 Å². The molecule has 20 heteroatoms. The molecule has 6 atom stereocenters. The molecule has 192 valence electrons. The summed E-state index contributed by atoms with van der Waals surface area (Å²) in [7, 11) is -15.5. The first-order valence-electron chi connectivity index (χ1n) is 9.00. The summed E-state index contributed by atoms with van der Waals surface area (Å²) >= 11 is 0. The van der Waals surface area contributed by atoms with Gasteiger partial charge in [0.25, 0.3) is 0 Å². The van der Waals surface area contributed by atoms with E-state index in [0.717, 1.165) is 4.57 Å². The molecule has 0 saturated carbocycles. The molecule has 1 saturated heterocycles. The zero-order chi connectivity index (χ0) is 26.1. The second-order valence-electron chi connectivity index (χ2n) is 6.85. The van der Waals surface area contributed by atoms with Gasteiger partial charge in [-0.2, -0.15) is 13.6 Å². The van der Waals surface area contributed by atoms with E-state index in [9.17, 15) is 28.3 Å². The van der Waals surface area contributed by atoms with Crippen molar-refractivity contribution in [1.82, 2.24) is 9.55 Å². The van der Waals surface area contributed by atoms with Crippen LogP contribution in [0.25, 0.3) is 0 Å². The number of nitrogen functional groups attached to an aromatic ring is 1. The SMILES string of the molecule is CC#CC1(N)[C@@H](OC)[C@@H](COP(=O)(O)OP(=O)(O)OP(=O)(O)O)O[C@H]1n1c(C)cc(N)nc1=O. The average molecular weight is 548 g/mol. The Bertz CT molecular complexity index is 1190. The number of anilines is 1. The number of aryl methyl sites for hydroxylation is 1. The highest BCUT2D eigenvalue weighted by Gasteiger charge is 2.56. The summed E-state index contributed by atoms with van der Waals surface area (Å²) in [6.45, 7) is 2.09. The Balaban J connectivity index is 2.34. The molecule has 0 spiro atoms. The molecule has 0 bridgehead atoms. The number of hydrogen-bond donors (Lipinski definition) is 6. The van der Waals surface area contributed by atoms with Crippen LogP contribution in [-0.2, 0) is 36.3 Å². The monoisotopic (exact) mass is 548 g/mol. The number of rotatable bonds is 9. The van der Waals surface area contributed by atoms with Gasteiger partial charge in [-0.25, -0.2) is 18.5 Å². The minimum absolute atomic E-state index is 0.0616. The third kappa shape index (κ3) is 6.81. The van der Waals surface area contributed by atoms with Crippen LogP contribution in [0.5, 0.6) is 0 Å². The fourth-order valence-corrected chi connectivity index (χ4v) is 6.31. The predicted octanol–water partition coefficient (Wildman–Crippen LogP) is -0.890. The minimum Gasteiger partial charge on any atom is -0.383 e. The smallest absolute Gasteiger partial charge is 0.383 e. The van der Waals surface area contributed by atoms with Gasteiger partial charge in [-0.05, 0) is 19.9 Å². The molecule has 1 aliphatic heterocycles. The Labute approximate surface area is 192 Å². The highest BCUT2D eigenvalue weighted by molar-refractivity contribution is 7.66. The summed E-state index contributed by atoms with van der Waals surface area (Å²) in [6.07, 6.45) is -3.85. The van der Waals surface area contributed by atoms with Crippen LogP contribution in [0.3, 0.4) is 0 Å². The molecule has 0 aromatic carbocycles. The van der Waals surface area contributed by atoms with Crippen LogP contribution in [0.15, 0.2) is 10.9 Å². The van der Waals surface area contributed by atoms with E-state index in [1.54, 1.807) is 0 Å². The van der Waals surface area contributed by atoms with Crippen LogP contribution < -0.4 is 17.2 Å². The van der Waals surface area contributed by atoms with Gasteiger partial charge in [-0.1, -0.05) is 5.92 Å². The largest absolute Gasteiger partial charge is 0.490 e. The maximum absolute atomic E-state index is 12.5. The molecule has 2 rings (SSSR count). The van der Waals surface area contributed by atoms with Crippen molar-refractivity contribution in [1.29, 1.82) is 0 Å². The summed E-state index contributed by atoms with van der Waals surface area (Å²) in [6, 6.07) is 1.37. The van der Waals surface area contributed by atoms with E-state index in [0.29, 0.717) is 5.69 Å². The Morgan fingerprint density at radius 3 is 2.35 bits per heavy atom. The number of nitrogens with zero attached hydrogens (tertiary/aromatic N) is 2. The van der Waals surface area contributed by atoms with Crippen molar-refractivity contribution < 1.29 is 55.9 Å². The van der Waals surface area contributed by atoms with Crippen LogP contribution in [0, 0.1) is 18.8 Å². The normalized spacial score (nSPS) is 28.5. The topological polar surface area (TPSA) is 265 Å². The summed E-state index contributed by atoms with van der Waals surface area (Å²) in [4.78, 5) is 52.3. The first-order chi connectivity index (χ1) is 15.4. The van der Waals surface area contributed by atoms with Crippen molar-refractivity contribution in [3.8, 4) is 11.8 Å². The minimum atomic E-state index is -5.72. The molecule has 1 aromatic heterocycles. The van der Waals surface area contributed by atoms with E-state index in [2.05, 4.69) is 30.0 Å². The van der Waals surface area contributed by atoms with Crippen LogP contribution in [0.2, 0.25) is 0 Å². The van der Waals surface area contributed by atoms with Gasteiger partial charge in [-0.15, -0.1) is 5.92 Å². The average Bonchev–Trinajstić information content (AvgIpc) is 2.88. The lowest BCUT2D eigenvalue weighted by Gasteiger charge is -2.30. The molecule has 34 heavy (non-hydrogen) atoms. The zero-order valence-corrected chi connectivity index (χ0v) is 20.6. The highest BCUT2D eigenvalue weighted by Crippen LogP contribution is 2.66. The summed E-state index contributed by atoms with van der Waals surface area (Å²) in [5.41, 5.74) is 9.73. The maximum Gasteiger partial charge on any atom is 0.490 e. The molecule has 8 N–H and O–H groups in total. The number of phosphoric acid groups is 3. The molecular formula is C14H23N4O13P3.